The fraction of sp³-hybridized carbons (Fsp3) is 0.424. The molecule has 6 atom stereocenters. The lowest BCUT2D eigenvalue weighted by molar-refractivity contribution is -0.147. The molecule has 2 bridgehead atoms. The number of para-hydroxylation sites is 1. The number of thioether (sulfide) groups is 1. The number of benzene rings is 2. The zero-order valence-electron chi connectivity index (χ0n) is 24.9. The van der Waals surface area contributed by atoms with Crippen molar-refractivity contribution in [3.8, 4) is 0 Å². The summed E-state index contributed by atoms with van der Waals surface area (Å²) in [5.41, 5.74) is 2.45. The van der Waals surface area contributed by atoms with Crippen molar-refractivity contribution in [1.29, 1.82) is 0 Å². The summed E-state index contributed by atoms with van der Waals surface area (Å²) in [4.78, 5) is 48.2. The van der Waals surface area contributed by atoms with Crippen LogP contribution in [0.4, 0.5) is 0 Å². The van der Waals surface area contributed by atoms with Gasteiger partial charge in [-0.2, -0.15) is 0 Å². The van der Waals surface area contributed by atoms with Crippen molar-refractivity contribution in [2.45, 2.75) is 48.0 Å². The number of amides is 3. The number of hydrogen-bond donors (Lipinski definition) is 1. The van der Waals surface area contributed by atoms with Crippen LogP contribution in [-0.4, -0.2) is 101 Å². The first kappa shape index (κ1) is 30.1. The smallest absolute Gasteiger partial charge is 0.248 e. The van der Waals surface area contributed by atoms with E-state index >= 15 is 0 Å². The fourth-order valence-corrected chi connectivity index (χ4v) is 9.64. The Morgan fingerprint density at radius 3 is 2.57 bits per heavy atom. The SMILES string of the molecule is C=CCN(C)C(=O)[C@@H]1[C@@H]2CCC3(S2)C(C(=O)N(CC=C)Cn2nnc4ccccc42)N([C@@H](CO)Cc2ccccc2)C(=O)[C@H]13. The molecule has 3 aliphatic heterocycles. The molecule has 3 fully saturated rings. The standard InChI is InChI=1S/C33H38N6O4S/c1-4-17-36(3)30(41)27-26-15-16-33(44-26)28(27)31(42)39(23(20-40)19-22-11-7-6-8-12-22)29(33)32(43)37(18-5-2)21-38-25-14-10-9-13-24(25)34-35-38/h4-14,23,26-29,40H,1-2,15-21H2,3H3/t23-,26+,27-,28+,29?,33?/m1/s1. The molecule has 6 rings (SSSR count). The number of carbonyl (C=O) groups is 3. The van der Waals surface area contributed by atoms with Gasteiger partial charge in [0, 0.05) is 25.4 Å². The predicted molar refractivity (Wildman–Crippen MR) is 169 cm³/mol. The van der Waals surface area contributed by atoms with Gasteiger partial charge in [-0.3, -0.25) is 14.4 Å². The molecule has 3 aromatic rings. The molecule has 0 saturated carbocycles. The summed E-state index contributed by atoms with van der Waals surface area (Å²) in [6.07, 6.45) is 5.09. The molecule has 230 valence electrons. The van der Waals surface area contributed by atoms with Crippen LogP contribution in [0.1, 0.15) is 18.4 Å². The molecule has 3 saturated heterocycles. The zero-order chi connectivity index (χ0) is 31.0. The van der Waals surface area contributed by atoms with Crippen molar-refractivity contribution in [3.05, 3.63) is 85.5 Å². The number of aliphatic hydroxyl groups excluding tert-OH is 1. The molecule has 3 amide bonds. The molecule has 44 heavy (non-hydrogen) atoms. The second-order valence-electron chi connectivity index (χ2n) is 11.9. The maximum Gasteiger partial charge on any atom is 0.248 e. The summed E-state index contributed by atoms with van der Waals surface area (Å²) in [6.45, 7) is 8.08. The Labute approximate surface area is 261 Å². The molecule has 3 aliphatic rings. The van der Waals surface area contributed by atoms with Gasteiger partial charge >= 0.3 is 0 Å². The van der Waals surface area contributed by atoms with Gasteiger partial charge in [-0.1, -0.05) is 59.8 Å². The quantitative estimate of drug-likeness (QED) is 0.313. The van der Waals surface area contributed by atoms with Crippen molar-refractivity contribution >= 4 is 40.5 Å². The van der Waals surface area contributed by atoms with Crippen LogP contribution >= 0.6 is 11.8 Å². The zero-order valence-corrected chi connectivity index (χ0v) is 25.7. The largest absolute Gasteiger partial charge is 0.394 e. The number of likely N-dealkylation sites (N-methyl/N-ethyl adjacent to an activating group) is 1. The molecule has 0 aliphatic carbocycles. The van der Waals surface area contributed by atoms with E-state index < -0.39 is 28.7 Å². The van der Waals surface area contributed by atoms with Gasteiger partial charge in [0.1, 0.15) is 18.2 Å². The average Bonchev–Trinajstić information content (AvgIpc) is 3.79. The minimum absolute atomic E-state index is 0.0602. The number of aromatic nitrogens is 3. The van der Waals surface area contributed by atoms with Crippen molar-refractivity contribution < 1.29 is 19.5 Å². The Balaban J connectivity index is 1.41. The average molecular weight is 615 g/mol. The van der Waals surface area contributed by atoms with Crippen LogP contribution in [0, 0.1) is 11.8 Å². The van der Waals surface area contributed by atoms with Crippen LogP contribution in [0.25, 0.3) is 11.0 Å². The van der Waals surface area contributed by atoms with Crippen LogP contribution in [0.15, 0.2) is 79.9 Å². The molecule has 11 heteroatoms. The summed E-state index contributed by atoms with van der Waals surface area (Å²) in [5.74, 6) is -1.79. The summed E-state index contributed by atoms with van der Waals surface area (Å²) >= 11 is 1.62. The van der Waals surface area contributed by atoms with Crippen molar-refractivity contribution in [1.82, 2.24) is 29.7 Å². The monoisotopic (exact) mass is 614 g/mol. The van der Waals surface area contributed by atoms with Crippen LogP contribution < -0.4 is 0 Å². The van der Waals surface area contributed by atoms with Crippen LogP contribution in [0.2, 0.25) is 0 Å². The van der Waals surface area contributed by atoms with Gasteiger partial charge in [0.2, 0.25) is 17.7 Å². The number of hydrogen-bond acceptors (Lipinski definition) is 7. The maximum atomic E-state index is 14.9. The Morgan fingerprint density at radius 2 is 1.84 bits per heavy atom. The van der Waals surface area contributed by atoms with Crippen molar-refractivity contribution in [3.63, 3.8) is 0 Å². The van der Waals surface area contributed by atoms with Crippen LogP contribution in [0.3, 0.4) is 0 Å². The molecule has 1 aromatic heterocycles. The number of rotatable bonds is 12. The predicted octanol–water partition coefficient (Wildman–Crippen LogP) is 2.74. The second-order valence-corrected chi connectivity index (χ2v) is 13.5. The van der Waals surface area contributed by atoms with Gasteiger partial charge < -0.3 is 19.8 Å². The maximum absolute atomic E-state index is 14.9. The molecule has 4 heterocycles. The third-order valence-electron chi connectivity index (χ3n) is 9.34. The Morgan fingerprint density at radius 1 is 1.11 bits per heavy atom. The van der Waals surface area contributed by atoms with Crippen LogP contribution in [0.5, 0.6) is 0 Å². The summed E-state index contributed by atoms with van der Waals surface area (Å²) in [6, 6.07) is 15.7. The van der Waals surface area contributed by atoms with Crippen LogP contribution in [-0.2, 0) is 27.5 Å². The van der Waals surface area contributed by atoms with Crippen molar-refractivity contribution in [2.75, 3.05) is 26.7 Å². The van der Waals surface area contributed by atoms with E-state index in [9.17, 15) is 19.5 Å². The van der Waals surface area contributed by atoms with E-state index in [2.05, 4.69) is 23.5 Å². The highest BCUT2D eigenvalue weighted by Gasteiger charge is 2.74. The molecule has 0 radical (unpaired) electrons. The lowest BCUT2D eigenvalue weighted by atomic mass is 9.70. The van der Waals surface area contributed by atoms with E-state index in [0.29, 0.717) is 24.9 Å². The highest BCUT2D eigenvalue weighted by molar-refractivity contribution is 8.02. The first-order valence-electron chi connectivity index (χ1n) is 15.0. The van der Waals surface area contributed by atoms with Gasteiger partial charge in [0.15, 0.2) is 0 Å². The van der Waals surface area contributed by atoms with Gasteiger partial charge in [0.05, 0.1) is 34.7 Å². The number of fused-ring (bicyclic) bond motifs is 2. The number of aliphatic hydroxyl groups is 1. The minimum Gasteiger partial charge on any atom is -0.394 e. The molecule has 10 nitrogen and oxygen atoms in total. The van der Waals surface area contributed by atoms with Gasteiger partial charge in [-0.25, -0.2) is 4.68 Å². The number of carbonyl (C=O) groups excluding carboxylic acids is 3. The van der Waals surface area contributed by atoms with Gasteiger partial charge in [0.25, 0.3) is 0 Å². The third-order valence-corrected chi connectivity index (χ3v) is 11.3. The van der Waals surface area contributed by atoms with E-state index in [0.717, 1.165) is 17.5 Å². The molecular formula is C33H38N6O4S. The fourth-order valence-electron chi connectivity index (χ4n) is 7.45. The second kappa shape index (κ2) is 12.2. The summed E-state index contributed by atoms with van der Waals surface area (Å²) < 4.78 is 0.887. The number of nitrogens with zero attached hydrogens (tertiary/aromatic N) is 6. The van der Waals surface area contributed by atoms with E-state index in [-0.39, 0.29) is 42.8 Å². The minimum atomic E-state index is -0.867. The lowest BCUT2D eigenvalue weighted by Gasteiger charge is -2.39. The van der Waals surface area contributed by atoms with Gasteiger partial charge in [-0.05, 0) is 37.0 Å². The number of likely N-dealkylation sites (tertiary alicyclic amines) is 1. The third kappa shape index (κ3) is 4.92. The van der Waals surface area contributed by atoms with E-state index in [1.165, 1.54) is 0 Å². The Hall–Kier alpha value is -3.96. The lowest BCUT2D eigenvalue weighted by Crippen LogP contribution is -2.58. The topological polar surface area (TPSA) is 112 Å². The normalized spacial score (nSPS) is 26.0. The molecule has 1 N–H and O–H groups in total. The summed E-state index contributed by atoms with van der Waals surface area (Å²) in [7, 11) is 1.73. The summed E-state index contributed by atoms with van der Waals surface area (Å²) in [5, 5.41) is 19.2. The Kier molecular flexibility index (Phi) is 8.34. The Bertz CT molecular complexity index is 1580. The van der Waals surface area contributed by atoms with Crippen molar-refractivity contribution in [2.24, 2.45) is 11.8 Å². The van der Waals surface area contributed by atoms with E-state index in [1.54, 1.807) is 50.3 Å². The highest BCUT2D eigenvalue weighted by atomic mass is 32.2. The first-order chi connectivity index (χ1) is 21.3. The van der Waals surface area contributed by atoms with E-state index in [4.69, 9.17) is 0 Å². The van der Waals surface area contributed by atoms with E-state index in [1.807, 2.05) is 54.6 Å². The molecular weight excluding hydrogens is 576 g/mol. The molecule has 2 unspecified atom stereocenters. The van der Waals surface area contributed by atoms with Gasteiger partial charge in [-0.15, -0.1) is 30.0 Å². The molecule has 2 aromatic carbocycles. The molecule has 1 spiro atoms. The highest BCUT2D eigenvalue weighted by Crippen LogP contribution is 2.67. The first-order valence-corrected chi connectivity index (χ1v) is 15.9.